The number of aliphatic carboxylic acids is 1. The molecule has 0 aromatic heterocycles. The zero-order valence-electron chi connectivity index (χ0n) is 11.3. The monoisotopic (exact) mass is 252 g/mol. The number of hydrogen-bond acceptors (Lipinski definition) is 3. The van der Waals surface area contributed by atoms with E-state index in [1.165, 1.54) is 19.3 Å². The maximum atomic E-state index is 11.3. The van der Waals surface area contributed by atoms with Gasteiger partial charge in [0.15, 0.2) is 0 Å². The number of carboxylic acids is 1. The van der Waals surface area contributed by atoms with E-state index < -0.39 is 5.97 Å². The van der Waals surface area contributed by atoms with E-state index in [1.807, 2.05) is 0 Å². The Morgan fingerprint density at radius 3 is 2.50 bits per heavy atom. The van der Waals surface area contributed by atoms with Crippen LogP contribution in [0.4, 0.5) is 0 Å². The van der Waals surface area contributed by atoms with E-state index in [2.05, 4.69) is 16.8 Å². The van der Waals surface area contributed by atoms with Gasteiger partial charge in [-0.15, -0.1) is 0 Å². The lowest BCUT2D eigenvalue weighted by Crippen LogP contribution is -2.59. The average molecular weight is 252 g/mol. The highest BCUT2D eigenvalue weighted by Gasteiger charge is 2.55. The zero-order chi connectivity index (χ0) is 12.8. The molecular formula is C14H24N2O2. The molecule has 0 spiro atoms. The van der Waals surface area contributed by atoms with Gasteiger partial charge in [-0.05, 0) is 38.1 Å². The van der Waals surface area contributed by atoms with Gasteiger partial charge in [-0.1, -0.05) is 6.42 Å². The van der Waals surface area contributed by atoms with Crippen LogP contribution in [0.1, 0.15) is 32.1 Å². The van der Waals surface area contributed by atoms with Gasteiger partial charge in [-0.3, -0.25) is 9.69 Å². The number of carbonyl (C=O) groups is 1. The second kappa shape index (κ2) is 4.49. The van der Waals surface area contributed by atoms with E-state index in [-0.39, 0.29) is 5.54 Å². The lowest BCUT2D eigenvalue weighted by molar-refractivity contribution is -0.142. The van der Waals surface area contributed by atoms with Gasteiger partial charge in [0, 0.05) is 31.7 Å². The van der Waals surface area contributed by atoms with E-state index >= 15 is 0 Å². The molecule has 4 heteroatoms. The molecule has 2 aliphatic carbocycles. The number of likely N-dealkylation sites (N-methyl/N-ethyl adjacent to an activating group) is 1. The summed E-state index contributed by atoms with van der Waals surface area (Å²) in [7, 11) is 2.15. The fourth-order valence-electron chi connectivity index (χ4n) is 4.64. The summed E-state index contributed by atoms with van der Waals surface area (Å²) in [4.78, 5) is 16.2. The van der Waals surface area contributed by atoms with Crippen LogP contribution in [0.2, 0.25) is 0 Å². The predicted molar refractivity (Wildman–Crippen MR) is 69.5 cm³/mol. The van der Waals surface area contributed by atoms with Crippen LogP contribution in [0.15, 0.2) is 0 Å². The summed E-state index contributed by atoms with van der Waals surface area (Å²) in [5.41, 5.74) is -0.00396. The minimum absolute atomic E-state index is 0.00396. The lowest BCUT2D eigenvalue weighted by Gasteiger charge is -2.49. The van der Waals surface area contributed by atoms with Crippen LogP contribution < -0.4 is 0 Å². The number of hydrogen-bond donors (Lipinski definition) is 1. The molecule has 0 amide bonds. The number of nitrogens with zero attached hydrogens (tertiary/aromatic N) is 2. The van der Waals surface area contributed by atoms with Crippen molar-refractivity contribution in [1.29, 1.82) is 0 Å². The smallest absolute Gasteiger partial charge is 0.305 e. The zero-order valence-corrected chi connectivity index (χ0v) is 11.3. The highest BCUT2D eigenvalue weighted by atomic mass is 16.4. The first kappa shape index (κ1) is 12.4. The molecule has 3 atom stereocenters. The molecule has 2 bridgehead atoms. The van der Waals surface area contributed by atoms with Crippen LogP contribution in [0, 0.1) is 11.8 Å². The molecule has 1 N–H and O–H groups in total. The quantitative estimate of drug-likeness (QED) is 0.821. The number of fused-ring (bicyclic) bond motifs is 2. The van der Waals surface area contributed by atoms with Crippen LogP contribution in [0.25, 0.3) is 0 Å². The van der Waals surface area contributed by atoms with Gasteiger partial charge in [0.05, 0.1) is 6.42 Å². The van der Waals surface area contributed by atoms with Gasteiger partial charge in [-0.25, -0.2) is 0 Å². The van der Waals surface area contributed by atoms with Gasteiger partial charge in [0.25, 0.3) is 0 Å². The molecule has 2 saturated carbocycles. The Kier molecular flexibility index (Phi) is 3.10. The fourth-order valence-corrected chi connectivity index (χ4v) is 4.64. The molecule has 3 fully saturated rings. The molecule has 0 aromatic carbocycles. The molecule has 18 heavy (non-hydrogen) atoms. The van der Waals surface area contributed by atoms with Crippen molar-refractivity contribution in [3.05, 3.63) is 0 Å². The Morgan fingerprint density at radius 1 is 1.28 bits per heavy atom. The van der Waals surface area contributed by atoms with Crippen LogP contribution in [0.5, 0.6) is 0 Å². The summed E-state index contributed by atoms with van der Waals surface area (Å²) in [5, 5.41) is 9.31. The minimum atomic E-state index is -0.610. The molecular weight excluding hydrogens is 228 g/mol. The number of rotatable bonds is 3. The van der Waals surface area contributed by atoms with Gasteiger partial charge in [0.2, 0.25) is 0 Å². The highest BCUT2D eigenvalue weighted by molar-refractivity contribution is 5.68. The topological polar surface area (TPSA) is 43.8 Å². The fraction of sp³-hybridized carbons (Fsp3) is 0.929. The van der Waals surface area contributed by atoms with Gasteiger partial charge in [0.1, 0.15) is 0 Å². The predicted octanol–water partition coefficient (Wildman–Crippen LogP) is 1.27. The first-order valence-corrected chi connectivity index (χ1v) is 7.25. The molecule has 1 heterocycles. The second-order valence-electron chi connectivity index (χ2n) is 6.54. The van der Waals surface area contributed by atoms with E-state index in [0.717, 1.165) is 38.5 Å². The van der Waals surface area contributed by atoms with Crippen molar-refractivity contribution in [3.63, 3.8) is 0 Å². The van der Waals surface area contributed by atoms with Crippen LogP contribution in [-0.2, 0) is 4.79 Å². The van der Waals surface area contributed by atoms with Crippen molar-refractivity contribution < 1.29 is 9.90 Å². The molecule has 3 aliphatic rings. The standard InChI is InChI=1S/C14H24N2O2/c1-15-4-6-16(7-5-15)14(10-13(17)18)9-11-2-3-12(14)8-11/h11-12H,2-10H2,1H3,(H,17,18). The highest BCUT2D eigenvalue weighted by Crippen LogP contribution is 2.55. The Labute approximate surface area is 109 Å². The third-order valence-corrected chi connectivity index (χ3v) is 5.53. The van der Waals surface area contributed by atoms with E-state index in [1.54, 1.807) is 0 Å². The van der Waals surface area contributed by atoms with Crippen LogP contribution in [0.3, 0.4) is 0 Å². The van der Waals surface area contributed by atoms with Crippen molar-refractivity contribution in [3.8, 4) is 0 Å². The maximum Gasteiger partial charge on any atom is 0.305 e. The van der Waals surface area contributed by atoms with E-state index in [9.17, 15) is 9.90 Å². The van der Waals surface area contributed by atoms with Gasteiger partial charge < -0.3 is 10.0 Å². The molecule has 1 saturated heterocycles. The first-order chi connectivity index (χ1) is 8.60. The summed E-state index contributed by atoms with van der Waals surface area (Å²) >= 11 is 0. The summed E-state index contributed by atoms with van der Waals surface area (Å²) in [6, 6.07) is 0. The Morgan fingerprint density at radius 2 is 2.00 bits per heavy atom. The van der Waals surface area contributed by atoms with Crippen molar-refractivity contribution in [2.45, 2.75) is 37.6 Å². The Balaban J connectivity index is 1.80. The Bertz CT molecular complexity index is 339. The van der Waals surface area contributed by atoms with Crippen molar-refractivity contribution in [2.75, 3.05) is 33.2 Å². The summed E-state index contributed by atoms with van der Waals surface area (Å²) < 4.78 is 0. The number of piperazine rings is 1. The minimum Gasteiger partial charge on any atom is -0.481 e. The van der Waals surface area contributed by atoms with E-state index in [0.29, 0.717) is 12.3 Å². The lowest BCUT2D eigenvalue weighted by atomic mass is 9.76. The third-order valence-electron chi connectivity index (χ3n) is 5.53. The molecule has 0 aromatic rings. The van der Waals surface area contributed by atoms with Crippen LogP contribution >= 0.6 is 0 Å². The third kappa shape index (κ3) is 1.95. The maximum absolute atomic E-state index is 11.3. The van der Waals surface area contributed by atoms with Crippen molar-refractivity contribution in [2.24, 2.45) is 11.8 Å². The summed E-state index contributed by atoms with van der Waals surface area (Å²) in [6.07, 6.45) is 5.36. The molecule has 3 rings (SSSR count). The van der Waals surface area contributed by atoms with Crippen molar-refractivity contribution in [1.82, 2.24) is 9.80 Å². The number of carboxylic acid groups (broad SMARTS) is 1. The molecule has 3 unspecified atom stereocenters. The summed E-state index contributed by atoms with van der Waals surface area (Å²) in [5.74, 6) is 0.831. The van der Waals surface area contributed by atoms with Gasteiger partial charge in [-0.2, -0.15) is 0 Å². The first-order valence-electron chi connectivity index (χ1n) is 7.25. The average Bonchev–Trinajstić information content (AvgIpc) is 2.89. The molecule has 1 aliphatic heterocycles. The largest absolute Gasteiger partial charge is 0.481 e. The van der Waals surface area contributed by atoms with Crippen LogP contribution in [-0.4, -0.2) is 59.6 Å². The van der Waals surface area contributed by atoms with Crippen molar-refractivity contribution >= 4 is 5.97 Å². The van der Waals surface area contributed by atoms with Gasteiger partial charge >= 0.3 is 5.97 Å². The molecule has 102 valence electrons. The molecule has 4 nitrogen and oxygen atoms in total. The SMILES string of the molecule is CN1CCN(C2(CC(=O)O)CC3CCC2C3)CC1. The Hall–Kier alpha value is -0.610. The summed E-state index contributed by atoms with van der Waals surface area (Å²) in [6.45, 7) is 4.26. The normalized spacial score (nSPS) is 41.4. The molecule has 0 radical (unpaired) electrons. The van der Waals surface area contributed by atoms with E-state index in [4.69, 9.17) is 0 Å². The second-order valence-corrected chi connectivity index (χ2v) is 6.54.